The lowest BCUT2D eigenvalue weighted by Gasteiger charge is -2.37. The van der Waals surface area contributed by atoms with Crippen LogP contribution in [0.2, 0.25) is 6.04 Å². The Balaban J connectivity index is 4.57. The average molecular weight is 234 g/mol. The van der Waals surface area contributed by atoms with Crippen molar-refractivity contribution in [2.75, 3.05) is 19.8 Å². The molecule has 1 atom stereocenters. The minimum atomic E-state index is -0.817. The van der Waals surface area contributed by atoms with Gasteiger partial charge in [0.2, 0.25) is 0 Å². The SMILES string of the molecule is CCOC(OCC)(OCC)C(C)CC[SiH3]. The Morgan fingerprint density at radius 3 is 1.67 bits per heavy atom. The van der Waals surface area contributed by atoms with E-state index in [0.29, 0.717) is 19.8 Å². The summed E-state index contributed by atoms with van der Waals surface area (Å²) in [6.07, 6.45) is 1.10. The standard InChI is InChI=1S/C11H26O3Si/c1-5-12-11(13-6-2,14-7-3)10(4)8-9-15/h10H,5-9H2,1-4,15H3. The van der Waals surface area contributed by atoms with Crippen molar-refractivity contribution in [1.29, 1.82) is 0 Å². The van der Waals surface area contributed by atoms with Crippen molar-refractivity contribution in [2.45, 2.75) is 46.1 Å². The van der Waals surface area contributed by atoms with E-state index in [-0.39, 0.29) is 5.92 Å². The summed E-state index contributed by atoms with van der Waals surface area (Å²) in [5, 5.41) is 0. The van der Waals surface area contributed by atoms with E-state index < -0.39 is 5.97 Å². The fraction of sp³-hybridized carbons (Fsp3) is 1.00. The highest BCUT2D eigenvalue weighted by molar-refractivity contribution is 6.08. The van der Waals surface area contributed by atoms with E-state index in [2.05, 4.69) is 6.92 Å². The summed E-state index contributed by atoms with van der Waals surface area (Å²) >= 11 is 0. The Bertz CT molecular complexity index is 136. The molecule has 3 nitrogen and oxygen atoms in total. The molecule has 15 heavy (non-hydrogen) atoms. The van der Waals surface area contributed by atoms with Crippen LogP contribution in [0.5, 0.6) is 0 Å². The molecule has 0 rings (SSSR count). The summed E-state index contributed by atoms with van der Waals surface area (Å²) in [6.45, 7) is 9.90. The molecular formula is C11H26O3Si. The molecule has 0 aliphatic rings. The molecule has 0 radical (unpaired) electrons. The largest absolute Gasteiger partial charge is 0.328 e. The summed E-state index contributed by atoms with van der Waals surface area (Å²) < 4.78 is 17.1. The number of hydrogen-bond acceptors (Lipinski definition) is 3. The molecule has 0 amide bonds. The molecule has 0 aromatic carbocycles. The normalized spacial score (nSPS) is 14.4. The summed E-state index contributed by atoms with van der Waals surface area (Å²) in [5.41, 5.74) is 0. The van der Waals surface area contributed by atoms with Crippen molar-refractivity contribution >= 4 is 10.2 Å². The molecule has 0 aromatic heterocycles. The van der Waals surface area contributed by atoms with Crippen LogP contribution in [0.1, 0.15) is 34.1 Å². The van der Waals surface area contributed by atoms with E-state index in [0.717, 1.165) is 6.42 Å². The van der Waals surface area contributed by atoms with Gasteiger partial charge in [-0.05, 0) is 27.2 Å². The van der Waals surface area contributed by atoms with E-state index in [9.17, 15) is 0 Å². The fourth-order valence-electron chi connectivity index (χ4n) is 1.77. The third kappa shape index (κ3) is 4.63. The van der Waals surface area contributed by atoms with Gasteiger partial charge in [0, 0.05) is 36.0 Å². The third-order valence-electron chi connectivity index (χ3n) is 2.36. The molecule has 0 saturated heterocycles. The molecule has 0 fully saturated rings. The van der Waals surface area contributed by atoms with Gasteiger partial charge in [-0.25, -0.2) is 0 Å². The molecule has 0 heterocycles. The van der Waals surface area contributed by atoms with E-state index >= 15 is 0 Å². The maximum absolute atomic E-state index is 5.70. The predicted molar refractivity (Wildman–Crippen MR) is 66.1 cm³/mol. The topological polar surface area (TPSA) is 27.7 Å². The van der Waals surface area contributed by atoms with Gasteiger partial charge >= 0.3 is 0 Å². The van der Waals surface area contributed by atoms with Gasteiger partial charge in [-0.1, -0.05) is 13.0 Å². The Hall–Kier alpha value is 0.0969. The summed E-state index contributed by atoms with van der Waals surface area (Å²) in [7, 11) is 1.22. The van der Waals surface area contributed by atoms with Gasteiger partial charge in [-0.15, -0.1) is 0 Å². The van der Waals surface area contributed by atoms with Crippen molar-refractivity contribution in [3.05, 3.63) is 0 Å². The molecule has 0 aliphatic heterocycles. The van der Waals surface area contributed by atoms with Crippen molar-refractivity contribution in [3.63, 3.8) is 0 Å². The van der Waals surface area contributed by atoms with Gasteiger partial charge in [0.15, 0.2) is 0 Å². The van der Waals surface area contributed by atoms with Crippen LogP contribution in [-0.2, 0) is 14.2 Å². The lowest BCUT2D eigenvalue weighted by atomic mass is 10.1. The van der Waals surface area contributed by atoms with E-state index in [1.54, 1.807) is 0 Å². The van der Waals surface area contributed by atoms with Crippen LogP contribution in [0, 0.1) is 5.92 Å². The van der Waals surface area contributed by atoms with Crippen LogP contribution < -0.4 is 0 Å². The number of ether oxygens (including phenoxy) is 3. The van der Waals surface area contributed by atoms with Crippen molar-refractivity contribution < 1.29 is 14.2 Å². The maximum Gasteiger partial charge on any atom is 0.285 e. The number of rotatable bonds is 9. The predicted octanol–water partition coefficient (Wildman–Crippen LogP) is 1.56. The molecule has 0 spiro atoms. The van der Waals surface area contributed by atoms with Crippen molar-refractivity contribution in [3.8, 4) is 0 Å². The molecule has 0 aliphatic carbocycles. The molecular weight excluding hydrogens is 208 g/mol. The van der Waals surface area contributed by atoms with Crippen molar-refractivity contribution in [1.82, 2.24) is 0 Å². The van der Waals surface area contributed by atoms with Crippen molar-refractivity contribution in [2.24, 2.45) is 5.92 Å². The average Bonchev–Trinajstić information content (AvgIpc) is 2.19. The lowest BCUT2D eigenvalue weighted by Crippen LogP contribution is -2.45. The highest BCUT2D eigenvalue weighted by Crippen LogP contribution is 2.29. The first kappa shape index (κ1) is 15.1. The Labute approximate surface area is 96.9 Å². The van der Waals surface area contributed by atoms with Gasteiger partial charge in [0.25, 0.3) is 5.97 Å². The second-order valence-electron chi connectivity index (χ2n) is 3.59. The third-order valence-corrected chi connectivity index (χ3v) is 2.94. The smallest absolute Gasteiger partial charge is 0.285 e. The van der Waals surface area contributed by atoms with E-state index in [1.807, 2.05) is 20.8 Å². The fourth-order valence-corrected chi connectivity index (χ4v) is 2.63. The second kappa shape index (κ2) is 8.27. The molecule has 4 heteroatoms. The first-order valence-electron chi connectivity index (χ1n) is 6.08. The zero-order chi connectivity index (χ0) is 11.7. The van der Waals surface area contributed by atoms with Gasteiger partial charge < -0.3 is 14.2 Å². The van der Waals surface area contributed by atoms with Gasteiger partial charge in [0.05, 0.1) is 0 Å². The monoisotopic (exact) mass is 234 g/mol. The number of hydrogen-bond donors (Lipinski definition) is 0. The van der Waals surface area contributed by atoms with Gasteiger partial charge in [-0.3, -0.25) is 0 Å². The van der Waals surface area contributed by atoms with Crippen LogP contribution in [0.4, 0.5) is 0 Å². The first-order chi connectivity index (χ1) is 7.16. The van der Waals surface area contributed by atoms with Gasteiger partial charge in [-0.2, -0.15) is 0 Å². The quantitative estimate of drug-likeness (QED) is 0.448. The molecule has 0 saturated carbocycles. The summed E-state index contributed by atoms with van der Waals surface area (Å²) in [6, 6.07) is 1.25. The molecule has 92 valence electrons. The lowest BCUT2D eigenvalue weighted by molar-refractivity contribution is -0.399. The Morgan fingerprint density at radius 2 is 1.40 bits per heavy atom. The zero-order valence-electron chi connectivity index (χ0n) is 10.8. The Kier molecular flexibility index (Phi) is 8.33. The summed E-state index contributed by atoms with van der Waals surface area (Å²) in [5.74, 6) is -0.530. The maximum atomic E-state index is 5.70. The zero-order valence-corrected chi connectivity index (χ0v) is 12.8. The molecule has 0 N–H and O–H groups in total. The van der Waals surface area contributed by atoms with Crippen LogP contribution in [0.3, 0.4) is 0 Å². The van der Waals surface area contributed by atoms with Gasteiger partial charge in [0.1, 0.15) is 0 Å². The van der Waals surface area contributed by atoms with E-state index in [1.165, 1.54) is 16.3 Å². The van der Waals surface area contributed by atoms with Crippen LogP contribution >= 0.6 is 0 Å². The highest BCUT2D eigenvalue weighted by Gasteiger charge is 2.38. The molecule has 1 unspecified atom stereocenters. The molecule has 0 bridgehead atoms. The highest BCUT2D eigenvalue weighted by atomic mass is 28.1. The Morgan fingerprint density at radius 1 is 1.00 bits per heavy atom. The first-order valence-corrected chi connectivity index (χ1v) is 7.50. The van der Waals surface area contributed by atoms with E-state index in [4.69, 9.17) is 14.2 Å². The van der Waals surface area contributed by atoms with Crippen LogP contribution in [0.15, 0.2) is 0 Å². The second-order valence-corrected chi connectivity index (χ2v) is 4.59. The van der Waals surface area contributed by atoms with Crippen LogP contribution in [0.25, 0.3) is 0 Å². The molecule has 0 aromatic rings. The minimum absolute atomic E-state index is 0.287. The van der Waals surface area contributed by atoms with Crippen LogP contribution in [-0.4, -0.2) is 36.0 Å². The summed E-state index contributed by atoms with van der Waals surface area (Å²) in [4.78, 5) is 0. The minimum Gasteiger partial charge on any atom is -0.328 e.